The van der Waals surface area contributed by atoms with E-state index in [1.54, 1.807) is 18.6 Å². The fourth-order valence-electron chi connectivity index (χ4n) is 4.37. The summed E-state index contributed by atoms with van der Waals surface area (Å²) in [5, 5.41) is 1.11. The molecular weight excluding hydrogens is 376 g/mol. The summed E-state index contributed by atoms with van der Waals surface area (Å²) in [6.45, 7) is 2.82. The van der Waals surface area contributed by atoms with E-state index in [1.807, 2.05) is 40.1 Å². The fourth-order valence-corrected chi connectivity index (χ4v) is 4.37. The number of imidazole rings is 1. The first-order valence-corrected chi connectivity index (χ1v) is 10.4. The number of H-pyrrole nitrogens is 1. The van der Waals surface area contributed by atoms with Crippen LogP contribution in [0.3, 0.4) is 0 Å². The summed E-state index contributed by atoms with van der Waals surface area (Å²) in [6.07, 6.45) is 12.2. The second-order valence-corrected chi connectivity index (χ2v) is 7.65. The largest absolute Gasteiger partial charge is 0.361 e. The molecule has 7 nitrogen and oxygen atoms in total. The first-order chi connectivity index (χ1) is 14.7. The highest BCUT2D eigenvalue weighted by molar-refractivity contribution is 5.89. The average Bonchev–Trinajstić information content (AvgIpc) is 3.53. The Bertz CT molecular complexity index is 1190. The minimum Gasteiger partial charge on any atom is -0.361 e. The van der Waals surface area contributed by atoms with Gasteiger partial charge in [0.25, 0.3) is 0 Å². The molecule has 152 valence electrons. The van der Waals surface area contributed by atoms with Crippen LogP contribution < -0.4 is 0 Å². The van der Waals surface area contributed by atoms with Crippen molar-refractivity contribution in [3.8, 4) is 5.82 Å². The van der Waals surface area contributed by atoms with Gasteiger partial charge in [0.1, 0.15) is 5.82 Å². The minimum atomic E-state index is -0.0382. The standard InChI is InChI=1S/C23H24N6O/c1-2-21-25-9-11-29(21)22-15-24-14-19(27-22)20-8-5-10-28(20)23(30)12-16-13-26-18-7-4-3-6-17(16)18/h3-4,6-7,9,11,13-15,20,26H,2,5,8,10,12H2,1H3/t20-/m0/s1. The number of aryl methyl sites for hydroxylation is 1. The number of nitrogens with zero attached hydrogens (tertiary/aromatic N) is 5. The molecular formula is C23H24N6O. The third kappa shape index (κ3) is 3.26. The maximum absolute atomic E-state index is 13.2. The summed E-state index contributed by atoms with van der Waals surface area (Å²) in [7, 11) is 0. The van der Waals surface area contributed by atoms with E-state index < -0.39 is 0 Å². The van der Waals surface area contributed by atoms with Crippen LogP contribution in [0, 0.1) is 0 Å². The average molecular weight is 400 g/mol. The van der Waals surface area contributed by atoms with Crippen LogP contribution in [-0.4, -0.2) is 41.9 Å². The van der Waals surface area contributed by atoms with E-state index in [2.05, 4.69) is 27.9 Å². The van der Waals surface area contributed by atoms with Gasteiger partial charge in [-0.25, -0.2) is 9.97 Å². The highest BCUT2D eigenvalue weighted by Gasteiger charge is 2.31. The Kier molecular flexibility index (Phi) is 4.78. The third-order valence-corrected chi connectivity index (χ3v) is 5.85. The molecule has 1 aromatic carbocycles. The zero-order valence-electron chi connectivity index (χ0n) is 17.0. The van der Waals surface area contributed by atoms with Gasteiger partial charge in [-0.15, -0.1) is 0 Å². The number of hydrogen-bond acceptors (Lipinski definition) is 4. The summed E-state index contributed by atoms with van der Waals surface area (Å²) in [5.74, 6) is 1.82. The molecule has 1 saturated heterocycles. The van der Waals surface area contributed by atoms with E-state index in [1.165, 1.54) is 0 Å². The lowest BCUT2D eigenvalue weighted by Crippen LogP contribution is -2.32. The Morgan fingerprint density at radius 3 is 3.07 bits per heavy atom. The van der Waals surface area contributed by atoms with E-state index in [-0.39, 0.29) is 11.9 Å². The smallest absolute Gasteiger partial charge is 0.227 e. The zero-order valence-corrected chi connectivity index (χ0v) is 17.0. The maximum Gasteiger partial charge on any atom is 0.227 e. The lowest BCUT2D eigenvalue weighted by Gasteiger charge is -2.24. The number of aromatic nitrogens is 5. The SMILES string of the molecule is CCc1nccn1-c1cncc([C@@H]2CCCN2C(=O)Cc2c[nH]c3ccccc23)n1. The molecule has 1 amide bonds. The number of nitrogens with one attached hydrogen (secondary N) is 1. The van der Waals surface area contributed by atoms with Crippen molar-refractivity contribution in [2.24, 2.45) is 0 Å². The number of para-hydroxylation sites is 1. The predicted molar refractivity (Wildman–Crippen MR) is 114 cm³/mol. The van der Waals surface area contributed by atoms with Gasteiger partial charge in [0.15, 0.2) is 5.82 Å². The number of rotatable bonds is 5. The van der Waals surface area contributed by atoms with Crippen LogP contribution in [0.5, 0.6) is 0 Å². The lowest BCUT2D eigenvalue weighted by molar-refractivity contribution is -0.131. The molecule has 0 radical (unpaired) electrons. The molecule has 4 heterocycles. The fraction of sp³-hybridized carbons (Fsp3) is 0.304. The van der Waals surface area contributed by atoms with Crippen molar-refractivity contribution >= 4 is 16.8 Å². The first kappa shape index (κ1) is 18.5. The Labute approximate surface area is 174 Å². The van der Waals surface area contributed by atoms with Crippen LogP contribution in [0.15, 0.2) is 55.2 Å². The van der Waals surface area contributed by atoms with Gasteiger partial charge < -0.3 is 9.88 Å². The second-order valence-electron chi connectivity index (χ2n) is 7.65. The van der Waals surface area contributed by atoms with Crippen molar-refractivity contribution in [3.63, 3.8) is 0 Å². The summed E-state index contributed by atoms with van der Waals surface area (Å²) >= 11 is 0. The quantitative estimate of drug-likeness (QED) is 0.555. The molecule has 7 heteroatoms. The number of fused-ring (bicyclic) bond motifs is 1. The van der Waals surface area contributed by atoms with Crippen molar-refractivity contribution in [1.29, 1.82) is 0 Å². The molecule has 1 aliphatic rings. The topological polar surface area (TPSA) is 79.7 Å². The summed E-state index contributed by atoms with van der Waals surface area (Å²) in [6, 6.07) is 8.05. The van der Waals surface area contributed by atoms with Gasteiger partial charge in [0, 0.05) is 42.5 Å². The number of amides is 1. The Morgan fingerprint density at radius 1 is 1.27 bits per heavy atom. The van der Waals surface area contributed by atoms with Crippen molar-refractivity contribution < 1.29 is 4.79 Å². The van der Waals surface area contributed by atoms with Crippen molar-refractivity contribution in [2.45, 2.75) is 38.6 Å². The Hall–Kier alpha value is -3.48. The number of likely N-dealkylation sites (tertiary alicyclic amines) is 1. The van der Waals surface area contributed by atoms with Gasteiger partial charge in [0.05, 0.1) is 30.6 Å². The van der Waals surface area contributed by atoms with Gasteiger partial charge in [0.2, 0.25) is 5.91 Å². The molecule has 4 aromatic rings. The molecule has 0 saturated carbocycles. The number of benzene rings is 1. The normalized spacial score (nSPS) is 16.4. The molecule has 1 atom stereocenters. The number of hydrogen-bond donors (Lipinski definition) is 1. The molecule has 1 aliphatic heterocycles. The van der Waals surface area contributed by atoms with E-state index >= 15 is 0 Å². The zero-order chi connectivity index (χ0) is 20.5. The van der Waals surface area contributed by atoms with Crippen LogP contribution in [0.4, 0.5) is 0 Å². The number of carbonyl (C=O) groups is 1. The van der Waals surface area contributed by atoms with Gasteiger partial charge in [-0.05, 0) is 24.5 Å². The van der Waals surface area contributed by atoms with Gasteiger partial charge in [-0.3, -0.25) is 14.3 Å². The molecule has 3 aromatic heterocycles. The maximum atomic E-state index is 13.2. The highest BCUT2D eigenvalue weighted by Crippen LogP contribution is 2.32. The van der Waals surface area contributed by atoms with Crippen molar-refractivity contribution in [3.05, 3.63) is 72.3 Å². The van der Waals surface area contributed by atoms with Crippen LogP contribution in [0.2, 0.25) is 0 Å². The minimum absolute atomic E-state index is 0.0382. The van der Waals surface area contributed by atoms with Gasteiger partial charge in [-0.1, -0.05) is 25.1 Å². The van der Waals surface area contributed by atoms with E-state index in [4.69, 9.17) is 4.98 Å². The molecule has 0 spiro atoms. The monoisotopic (exact) mass is 400 g/mol. The van der Waals surface area contributed by atoms with Crippen molar-refractivity contribution in [1.82, 2.24) is 29.4 Å². The molecule has 0 bridgehead atoms. The summed E-state index contributed by atoms with van der Waals surface area (Å²) in [4.78, 5) is 32.1. The summed E-state index contributed by atoms with van der Waals surface area (Å²) < 4.78 is 1.96. The molecule has 0 aliphatic carbocycles. The number of aromatic amines is 1. The first-order valence-electron chi connectivity index (χ1n) is 10.4. The van der Waals surface area contributed by atoms with Crippen LogP contribution >= 0.6 is 0 Å². The van der Waals surface area contributed by atoms with E-state index in [0.717, 1.165) is 59.6 Å². The molecule has 5 rings (SSSR count). The van der Waals surface area contributed by atoms with Gasteiger partial charge in [-0.2, -0.15) is 0 Å². The second kappa shape index (κ2) is 7.74. The number of carbonyl (C=O) groups excluding carboxylic acids is 1. The molecule has 30 heavy (non-hydrogen) atoms. The molecule has 1 fully saturated rings. The third-order valence-electron chi connectivity index (χ3n) is 5.85. The van der Waals surface area contributed by atoms with Crippen LogP contribution in [0.1, 0.15) is 42.9 Å². The highest BCUT2D eigenvalue weighted by atomic mass is 16.2. The lowest BCUT2D eigenvalue weighted by atomic mass is 10.1. The Morgan fingerprint density at radius 2 is 2.17 bits per heavy atom. The van der Waals surface area contributed by atoms with Crippen molar-refractivity contribution in [2.75, 3.05) is 6.54 Å². The summed E-state index contributed by atoms with van der Waals surface area (Å²) in [5.41, 5.74) is 2.93. The van der Waals surface area contributed by atoms with Crippen LogP contribution in [-0.2, 0) is 17.6 Å². The van der Waals surface area contributed by atoms with E-state index in [0.29, 0.717) is 6.42 Å². The van der Waals surface area contributed by atoms with Gasteiger partial charge >= 0.3 is 0 Å². The Balaban J connectivity index is 1.40. The van der Waals surface area contributed by atoms with Crippen LogP contribution in [0.25, 0.3) is 16.7 Å². The molecule has 0 unspecified atom stereocenters. The molecule has 1 N–H and O–H groups in total. The van der Waals surface area contributed by atoms with E-state index in [9.17, 15) is 4.79 Å². The predicted octanol–water partition coefficient (Wildman–Crippen LogP) is 3.61.